The summed E-state index contributed by atoms with van der Waals surface area (Å²) in [6.07, 6.45) is 0. The number of benzene rings is 1. The van der Waals surface area contributed by atoms with Gasteiger partial charge in [0.25, 0.3) is 0 Å². The van der Waals surface area contributed by atoms with Gasteiger partial charge in [-0.2, -0.15) is 5.10 Å². The van der Waals surface area contributed by atoms with Crippen molar-refractivity contribution in [3.8, 4) is 0 Å². The Labute approximate surface area is 117 Å². The zero-order chi connectivity index (χ0) is 13.8. The van der Waals surface area contributed by atoms with Crippen molar-refractivity contribution in [2.75, 3.05) is 6.54 Å². The molecule has 2 rings (SSSR count). The summed E-state index contributed by atoms with van der Waals surface area (Å²) in [7, 11) is 1.87. The lowest BCUT2D eigenvalue weighted by Gasteiger charge is -2.06. The van der Waals surface area contributed by atoms with E-state index in [-0.39, 0.29) is 5.82 Å². The molecule has 0 aliphatic rings. The smallest absolute Gasteiger partial charge is 0.137 e. The molecular weight excluding hydrogens is 261 g/mol. The Hall–Kier alpha value is -1.33. The molecule has 1 aromatic carbocycles. The van der Waals surface area contributed by atoms with Crippen molar-refractivity contribution in [2.24, 2.45) is 7.05 Å². The van der Waals surface area contributed by atoms with E-state index in [0.29, 0.717) is 11.4 Å². The van der Waals surface area contributed by atoms with Crippen LogP contribution in [0.15, 0.2) is 34.2 Å². The minimum Gasteiger partial charge on any atom is -0.313 e. The second-order valence-electron chi connectivity index (χ2n) is 4.39. The Morgan fingerprint density at radius 2 is 2.16 bits per heavy atom. The molecule has 0 atom stereocenters. The van der Waals surface area contributed by atoms with Gasteiger partial charge >= 0.3 is 0 Å². The van der Waals surface area contributed by atoms with Crippen LogP contribution in [0.1, 0.15) is 18.2 Å². The zero-order valence-corrected chi connectivity index (χ0v) is 12.2. The molecule has 1 N–H and O–H groups in total. The van der Waals surface area contributed by atoms with Gasteiger partial charge < -0.3 is 5.32 Å². The van der Waals surface area contributed by atoms with E-state index >= 15 is 0 Å². The Morgan fingerprint density at radius 1 is 1.37 bits per heavy atom. The van der Waals surface area contributed by atoms with Crippen molar-refractivity contribution in [1.82, 2.24) is 15.1 Å². The topological polar surface area (TPSA) is 29.9 Å². The van der Waals surface area contributed by atoms with E-state index in [0.717, 1.165) is 22.8 Å². The van der Waals surface area contributed by atoms with Crippen LogP contribution >= 0.6 is 11.8 Å². The van der Waals surface area contributed by atoms with Crippen LogP contribution in [0.2, 0.25) is 0 Å². The first kappa shape index (κ1) is 14.1. The van der Waals surface area contributed by atoms with Crippen LogP contribution in [0.4, 0.5) is 4.39 Å². The van der Waals surface area contributed by atoms with Gasteiger partial charge in [-0.25, -0.2) is 4.39 Å². The molecule has 5 heteroatoms. The van der Waals surface area contributed by atoms with Crippen LogP contribution < -0.4 is 5.32 Å². The Bertz CT molecular complexity index is 566. The van der Waals surface area contributed by atoms with E-state index in [1.54, 1.807) is 10.7 Å². The molecule has 2 aromatic rings. The molecule has 0 saturated heterocycles. The Balaban J connectivity index is 2.15. The van der Waals surface area contributed by atoms with Gasteiger partial charge in [0.2, 0.25) is 0 Å². The predicted molar refractivity (Wildman–Crippen MR) is 75.8 cm³/mol. The number of halogens is 1. The SMILES string of the molecule is CCNCc1ccc(Sc2cc(C)nn2C)c(F)c1. The molecule has 0 bridgehead atoms. The number of aromatic nitrogens is 2. The monoisotopic (exact) mass is 279 g/mol. The van der Waals surface area contributed by atoms with Crippen LogP contribution in [-0.2, 0) is 13.6 Å². The number of nitrogens with zero attached hydrogens (tertiary/aromatic N) is 2. The molecule has 1 heterocycles. The number of hydrogen-bond donors (Lipinski definition) is 1. The standard InChI is InChI=1S/C14H18FN3S/c1-4-16-9-11-5-6-13(12(15)8-11)19-14-7-10(2)17-18(14)3/h5-8,16H,4,9H2,1-3H3. The van der Waals surface area contributed by atoms with E-state index in [1.807, 2.05) is 39.1 Å². The number of nitrogens with one attached hydrogen (secondary N) is 1. The fourth-order valence-corrected chi connectivity index (χ4v) is 2.72. The number of aryl methyl sites for hydroxylation is 2. The van der Waals surface area contributed by atoms with Crippen molar-refractivity contribution >= 4 is 11.8 Å². The maximum atomic E-state index is 14.0. The summed E-state index contributed by atoms with van der Waals surface area (Å²) >= 11 is 1.40. The van der Waals surface area contributed by atoms with Crippen molar-refractivity contribution in [1.29, 1.82) is 0 Å². The summed E-state index contributed by atoms with van der Waals surface area (Å²) in [5.41, 5.74) is 1.90. The highest BCUT2D eigenvalue weighted by atomic mass is 32.2. The van der Waals surface area contributed by atoms with Crippen LogP contribution in [0.5, 0.6) is 0 Å². The average Bonchev–Trinajstić information content (AvgIpc) is 2.68. The van der Waals surface area contributed by atoms with Crippen molar-refractivity contribution < 1.29 is 4.39 Å². The van der Waals surface area contributed by atoms with E-state index in [4.69, 9.17) is 0 Å². The fraction of sp³-hybridized carbons (Fsp3) is 0.357. The maximum absolute atomic E-state index is 14.0. The summed E-state index contributed by atoms with van der Waals surface area (Å²) in [5, 5.41) is 8.38. The van der Waals surface area contributed by atoms with Gasteiger partial charge in [0.15, 0.2) is 0 Å². The summed E-state index contributed by atoms with van der Waals surface area (Å²) in [5.74, 6) is -0.181. The van der Waals surface area contributed by atoms with Gasteiger partial charge in [-0.05, 0) is 37.2 Å². The molecule has 0 amide bonds. The van der Waals surface area contributed by atoms with Gasteiger partial charge in [0.1, 0.15) is 5.82 Å². The fourth-order valence-electron chi connectivity index (χ4n) is 1.80. The normalized spacial score (nSPS) is 10.9. The highest BCUT2D eigenvalue weighted by Crippen LogP contribution is 2.30. The highest BCUT2D eigenvalue weighted by Gasteiger charge is 2.09. The van der Waals surface area contributed by atoms with E-state index in [2.05, 4.69) is 10.4 Å². The third-order valence-electron chi connectivity index (χ3n) is 2.75. The van der Waals surface area contributed by atoms with Crippen molar-refractivity contribution in [3.05, 3.63) is 41.3 Å². The lowest BCUT2D eigenvalue weighted by atomic mass is 10.2. The first-order chi connectivity index (χ1) is 9.10. The first-order valence-corrected chi connectivity index (χ1v) is 7.09. The van der Waals surface area contributed by atoms with E-state index < -0.39 is 0 Å². The quantitative estimate of drug-likeness (QED) is 0.912. The average molecular weight is 279 g/mol. The molecule has 0 fully saturated rings. The van der Waals surface area contributed by atoms with Crippen molar-refractivity contribution in [2.45, 2.75) is 30.3 Å². The number of rotatable bonds is 5. The molecule has 0 saturated carbocycles. The molecule has 1 aromatic heterocycles. The van der Waals surface area contributed by atoms with Gasteiger partial charge in [0.05, 0.1) is 10.7 Å². The second kappa shape index (κ2) is 6.21. The minimum absolute atomic E-state index is 0.181. The van der Waals surface area contributed by atoms with E-state index in [1.165, 1.54) is 11.8 Å². The number of hydrogen-bond acceptors (Lipinski definition) is 3. The summed E-state index contributed by atoms with van der Waals surface area (Å²) < 4.78 is 15.8. The van der Waals surface area contributed by atoms with Gasteiger partial charge in [0, 0.05) is 18.5 Å². The highest BCUT2D eigenvalue weighted by molar-refractivity contribution is 7.99. The molecule has 0 aliphatic heterocycles. The van der Waals surface area contributed by atoms with Crippen LogP contribution in [-0.4, -0.2) is 16.3 Å². The largest absolute Gasteiger partial charge is 0.313 e. The molecule has 0 radical (unpaired) electrons. The molecule has 0 spiro atoms. The lowest BCUT2D eigenvalue weighted by Crippen LogP contribution is -2.11. The molecule has 0 aliphatic carbocycles. The molecule has 3 nitrogen and oxygen atoms in total. The zero-order valence-electron chi connectivity index (χ0n) is 11.4. The van der Waals surface area contributed by atoms with Gasteiger partial charge in [-0.15, -0.1) is 0 Å². The molecular formula is C14H18FN3S. The van der Waals surface area contributed by atoms with Crippen LogP contribution in [0.3, 0.4) is 0 Å². The summed E-state index contributed by atoms with van der Waals surface area (Å²) in [4.78, 5) is 0.628. The molecule has 19 heavy (non-hydrogen) atoms. The van der Waals surface area contributed by atoms with Crippen molar-refractivity contribution in [3.63, 3.8) is 0 Å². The Morgan fingerprint density at radius 3 is 2.74 bits per heavy atom. The van der Waals surface area contributed by atoms with E-state index in [9.17, 15) is 4.39 Å². The van der Waals surface area contributed by atoms with Crippen LogP contribution in [0, 0.1) is 12.7 Å². The molecule has 0 unspecified atom stereocenters. The third kappa shape index (κ3) is 3.58. The van der Waals surface area contributed by atoms with Gasteiger partial charge in [-0.1, -0.05) is 24.8 Å². The maximum Gasteiger partial charge on any atom is 0.137 e. The second-order valence-corrected chi connectivity index (χ2v) is 5.46. The Kier molecular flexibility index (Phi) is 4.61. The summed E-state index contributed by atoms with van der Waals surface area (Å²) in [6, 6.07) is 7.33. The predicted octanol–water partition coefficient (Wildman–Crippen LogP) is 3.13. The first-order valence-electron chi connectivity index (χ1n) is 6.27. The van der Waals surface area contributed by atoms with Gasteiger partial charge in [-0.3, -0.25) is 4.68 Å². The molecule has 102 valence electrons. The summed E-state index contributed by atoms with van der Waals surface area (Å²) in [6.45, 7) is 5.54. The van der Waals surface area contributed by atoms with Crippen LogP contribution in [0.25, 0.3) is 0 Å². The third-order valence-corrected chi connectivity index (χ3v) is 3.89. The lowest BCUT2D eigenvalue weighted by molar-refractivity contribution is 0.596. The minimum atomic E-state index is -0.181.